The standard InChI is InChI=1S/C23H31N3O/c1-4-27-16-18-6-5-7-20-22(18)23(2,3)19-9-8-17(14-21(19)25-20)15-26-12-10-24-11-13-26/h5-9,14,24-25H,4,10-13,15-16H2,1-3H3. The molecule has 4 rings (SSSR count). The lowest BCUT2D eigenvalue weighted by Crippen LogP contribution is -2.42. The largest absolute Gasteiger partial charge is 0.377 e. The first kappa shape index (κ1) is 18.5. The fourth-order valence-electron chi connectivity index (χ4n) is 4.52. The van der Waals surface area contributed by atoms with Gasteiger partial charge in [0.25, 0.3) is 0 Å². The Bertz CT molecular complexity index is 809. The summed E-state index contributed by atoms with van der Waals surface area (Å²) in [7, 11) is 0. The van der Waals surface area contributed by atoms with Crippen molar-refractivity contribution >= 4 is 11.4 Å². The molecule has 2 heterocycles. The quantitative estimate of drug-likeness (QED) is 0.839. The number of hydrogen-bond donors (Lipinski definition) is 2. The summed E-state index contributed by atoms with van der Waals surface area (Å²) < 4.78 is 5.73. The molecular weight excluding hydrogens is 334 g/mol. The second kappa shape index (κ2) is 7.63. The van der Waals surface area contributed by atoms with Gasteiger partial charge in [0, 0.05) is 56.1 Å². The van der Waals surface area contributed by atoms with Crippen LogP contribution in [0.4, 0.5) is 11.4 Å². The number of benzene rings is 2. The third kappa shape index (κ3) is 3.62. The number of anilines is 2. The van der Waals surface area contributed by atoms with E-state index in [-0.39, 0.29) is 5.41 Å². The van der Waals surface area contributed by atoms with Crippen LogP contribution >= 0.6 is 0 Å². The molecule has 1 saturated heterocycles. The molecule has 0 atom stereocenters. The number of piperazine rings is 1. The summed E-state index contributed by atoms with van der Waals surface area (Å²) >= 11 is 0. The monoisotopic (exact) mass is 365 g/mol. The van der Waals surface area contributed by atoms with Crippen molar-refractivity contribution in [3.05, 3.63) is 58.7 Å². The summed E-state index contributed by atoms with van der Waals surface area (Å²) in [4.78, 5) is 2.53. The molecule has 2 aromatic rings. The predicted molar refractivity (Wildman–Crippen MR) is 112 cm³/mol. The highest BCUT2D eigenvalue weighted by atomic mass is 16.5. The molecule has 1 fully saturated rings. The van der Waals surface area contributed by atoms with E-state index in [1.54, 1.807) is 0 Å². The molecule has 0 spiro atoms. The van der Waals surface area contributed by atoms with Crippen molar-refractivity contribution in [2.24, 2.45) is 0 Å². The molecule has 0 bridgehead atoms. The molecule has 144 valence electrons. The van der Waals surface area contributed by atoms with E-state index in [1.165, 1.54) is 33.6 Å². The summed E-state index contributed by atoms with van der Waals surface area (Å²) in [6.45, 7) is 13.6. The highest BCUT2D eigenvalue weighted by molar-refractivity contribution is 5.77. The van der Waals surface area contributed by atoms with E-state index in [0.717, 1.165) is 39.3 Å². The van der Waals surface area contributed by atoms with Crippen LogP contribution in [0, 0.1) is 0 Å². The van der Waals surface area contributed by atoms with Crippen LogP contribution in [0.5, 0.6) is 0 Å². The van der Waals surface area contributed by atoms with E-state index in [2.05, 4.69) is 65.8 Å². The van der Waals surface area contributed by atoms with E-state index >= 15 is 0 Å². The van der Waals surface area contributed by atoms with Crippen LogP contribution in [0.25, 0.3) is 0 Å². The zero-order valence-electron chi connectivity index (χ0n) is 16.8. The highest BCUT2D eigenvalue weighted by Gasteiger charge is 2.34. The minimum absolute atomic E-state index is 0.0445. The average Bonchev–Trinajstić information content (AvgIpc) is 2.66. The van der Waals surface area contributed by atoms with Gasteiger partial charge in [0.05, 0.1) is 6.61 Å². The van der Waals surface area contributed by atoms with Gasteiger partial charge in [-0.05, 0) is 41.3 Å². The Hall–Kier alpha value is -1.88. The van der Waals surface area contributed by atoms with Crippen LogP contribution in [0.3, 0.4) is 0 Å². The van der Waals surface area contributed by atoms with Gasteiger partial charge in [0.2, 0.25) is 0 Å². The molecular formula is C23H31N3O. The molecule has 0 amide bonds. The van der Waals surface area contributed by atoms with Crippen molar-refractivity contribution in [1.29, 1.82) is 0 Å². The van der Waals surface area contributed by atoms with E-state index in [4.69, 9.17) is 4.74 Å². The van der Waals surface area contributed by atoms with Crippen LogP contribution in [-0.2, 0) is 23.3 Å². The van der Waals surface area contributed by atoms with Crippen molar-refractivity contribution in [2.45, 2.75) is 39.3 Å². The molecule has 2 aliphatic heterocycles. The Kier molecular flexibility index (Phi) is 5.22. The van der Waals surface area contributed by atoms with Gasteiger partial charge in [-0.15, -0.1) is 0 Å². The van der Waals surface area contributed by atoms with Crippen molar-refractivity contribution in [2.75, 3.05) is 38.1 Å². The Morgan fingerprint density at radius 3 is 2.67 bits per heavy atom. The van der Waals surface area contributed by atoms with E-state index < -0.39 is 0 Å². The van der Waals surface area contributed by atoms with Crippen molar-refractivity contribution in [3.63, 3.8) is 0 Å². The van der Waals surface area contributed by atoms with Gasteiger partial charge in [0.15, 0.2) is 0 Å². The van der Waals surface area contributed by atoms with Crippen LogP contribution in [-0.4, -0.2) is 37.7 Å². The van der Waals surface area contributed by atoms with Crippen molar-refractivity contribution in [3.8, 4) is 0 Å². The number of ether oxygens (including phenoxy) is 1. The summed E-state index contributed by atoms with van der Waals surface area (Å²) in [6.07, 6.45) is 0. The summed E-state index contributed by atoms with van der Waals surface area (Å²) in [5, 5.41) is 7.13. The zero-order valence-corrected chi connectivity index (χ0v) is 16.8. The first-order chi connectivity index (χ1) is 13.1. The van der Waals surface area contributed by atoms with Gasteiger partial charge in [0.1, 0.15) is 0 Å². The van der Waals surface area contributed by atoms with Gasteiger partial charge >= 0.3 is 0 Å². The number of nitrogens with one attached hydrogen (secondary N) is 2. The van der Waals surface area contributed by atoms with Gasteiger partial charge in [-0.25, -0.2) is 0 Å². The second-order valence-corrected chi connectivity index (χ2v) is 8.13. The maximum atomic E-state index is 5.73. The molecule has 4 heteroatoms. The van der Waals surface area contributed by atoms with Crippen molar-refractivity contribution in [1.82, 2.24) is 10.2 Å². The third-order valence-corrected chi connectivity index (χ3v) is 5.88. The Morgan fingerprint density at radius 1 is 1.07 bits per heavy atom. The van der Waals surface area contributed by atoms with Gasteiger partial charge in [-0.1, -0.05) is 38.1 Å². The number of hydrogen-bond acceptors (Lipinski definition) is 4. The first-order valence-electron chi connectivity index (χ1n) is 10.1. The summed E-state index contributed by atoms with van der Waals surface area (Å²) in [6, 6.07) is 13.5. The fraction of sp³-hybridized carbons (Fsp3) is 0.478. The first-order valence-corrected chi connectivity index (χ1v) is 10.1. The SMILES string of the molecule is CCOCc1cccc2c1C(C)(C)c1ccc(CN3CCNCC3)cc1N2. The maximum absolute atomic E-state index is 5.73. The Labute approximate surface area is 162 Å². The summed E-state index contributed by atoms with van der Waals surface area (Å²) in [5.74, 6) is 0. The lowest BCUT2D eigenvalue weighted by Gasteiger charge is -2.38. The topological polar surface area (TPSA) is 36.5 Å². The fourth-order valence-corrected chi connectivity index (χ4v) is 4.52. The van der Waals surface area contributed by atoms with Crippen LogP contribution < -0.4 is 10.6 Å². The molecule has 0 saturated carbocycles. The minimum Gasteiger partial charge on any atom is -0.377 e. The Balaban J connectivity index is 1.65. The van der Waals surface area contributed by atoms with Crippen LogP contribution in [0.2, 0.25) is 0 Å². The van der Waals surface area contributed by atoms with E-state index in [9.17, 15) is 0 Å². The highest BCUT2D eigenvalue weighted by Crippen LogP contribution is 2.47. The van der Waals surface area contributed by atoms with Crippen LogP contribution in [0.1, 0.15) is 43.0 Å². The molecule has 0 radical (unpaired) electrons. The van der Waals surface area contributed by atoms with Crippen molar-refractivity contribution < 1.29 is 4.74 Å². The summed E-state index contributed by atoms with van der Waals surface area (Å²) in [5.41, 5.74) is 7.80. The van der Waals surface area contributed by atoms with E-state index in [1.807, 2.05) is 6.92 Å². The molecule has 2 aromatic carbocycles. The molecule has 0 aliphatic carbocycles. The molecule has 2 N–H and O–H groups in total. The van der Waals surface area contributed by atoms with E-state index in [0.29, 0.717) is 6.61 Å². The average molecular weight is 366 g/mol. The van der Waals surface area contributed by atoms with Crippen LogP contribution in [0.15, 0.2) is 36.4 Å². The second-order valence-electron chi connectivity index (χ2n) is 8.13. The number of fused-ring (bicyclic) bond motifs is 2. The number of rotatable bonds is 5. The Morgan fingerprint density at radius 2 is 1.89 bits per heavy atom. The normalized spacial score (nSPS) is 18.5. The smallest absolute Gasteiger partial charge is 0.0720 e. The minimum atomic E-state index is -0.0445. The van der Waals surface area contributed by atoms with Gasteiger partial charge in [-0.3, -0.25) is 4.90 Å². The molecule has 27 heavy (non-hydrogen) atoms. The maximum Gasteiger partial charge on any atom is 0.0720 e. The van der Waals surface area contributed by atoms with Gasteiger partial charge < -0.3 is 15.4 Å². The zero-order chi connectivity index (χ0) is 18.9. The molecule has 0 aromatic heterocycles. The lowest BCUT2D eigenvalue weighted by molar-refractivity contribution is 0.133. The third-order valence-electron chi connectivity index (χ3n) is 5.88. The van der Waals surface area contributed by atoms with Gasteiger partial charge in [-0.2, -0.15) is 0 Å². The number of nitrogens with zero attached hydrogens (tertiary/aromatic N) is 1. The molecule has 4 nitrogen and oxygen atoms in total. The predicted octanol–water partition coefficient (Wildman–Crippen LogP) is 4.01. The molecule has 2 aliphatic rings. The molecule has 0 unspecified atom stereocenters. The lowest BCUT2D eigenvalue weighted by atomic mass is 9.72.